The number of esters is 2. The third-order valence-corrected chi connectivity index (χ3v) is 5.83. The molecule has 0 aromatic heterocycles. The van der Waals surface area contributed by atoms with Crippen molar-refractivity contribution in [2.24, 2.45) is 11.8 Å². The van der Waals surface area contributed by atoms with E-state index in [0.717, 1.165) is 5.56 Å². The van der Waals surface area contributed by atoms with E-state index >= 15 is 0 Å². The van der Waals surface area contributed by atoms with Crippen LogP contribution in [0.15, 0.2) is 30.3 Å². The fourth-order valence-corrected chi connectivity index (χ4v) is 4.92. The van der Waals surface area contributed by atoms with Crippen molar-refractivity contribution < 1.29 is 24.2 Å². The molecule has 0 radical (unpaired) electrons. The summed E-state index contributed by atoms with van der Waals surface area (Å²) in [6.45, 7) is 6.92. The third-order valence-electron chi connectivity index (χ3n) is 5.83. The molecule has 1 aliphatic carbocycles. The highest BCUT2D eigenvalue weighted by Crippen LogP contribution is 2.52. The summed E-state index contributed by atoms with van der Waals surface area (Å²) < 4.78 is 10.7. The number of ether oxygens (including phenoxy) is 2. The van der Waals surface area contributed by atoms with Crippen LogP contribution in [-0.2, 0) is 19.1 Å². The zero-order valence-corrected chi connectivity index (χ0v) is 16.7. The Labute approximate surface area is 165 Å². The Morgan fingerprint density at radius 3 is 2.11 bits per heavy atom. The quantitative estimate of drug-likeness (QED) is 0.650. The highest BCUT2D eigenvalue weighted by atomic mass is 16.5. The van der Waals surface area contributed by atoms with Gasteiger partial charge < -0.3 is 14.6 Å². The molecule has 0 bridgehead atoms. The smallest absolute Gasteiger partial charge is 0.312 e. The largest absolute Gasteiger partial charge is 0.466 e. The maximum Gasteiger partial charge on any atom is 0.312 e. The highest BCUT2D eigenvalue weighted by Gasteiger charge is 2.64. The molecule has 1 aliphatic heterocycles. The Kier molecular flexibility index (Phi) is 6.07. The van der Waals surface area contributed by atoms with Gasteiger partial charge >= 0.3 is 11.9 Å². The number of carbonyl (C=O) groups is 2. The van der Waals surface area contributed by atoms with Crippen molar-refractivity contribution in [3.05, 3.63) is 35.9 Å². The molecule has 154 valence electrons. The predicted octanol–water partition coefficient (Wildman–Crippen LogP) is 1.17. The normalized spacial score (nSPS) is 31.5. The minimum absolute atomic E-state index is 0.191. The second kappa shape index (κ2) is 8.19. The van der Waals surface area contributed by atoms with E-state index in [9.17, 15) is 14.7 Å². The number of benzene rings is 1. The molecule has 1 aromatic carbocycles. The van der Waals surface area contributed by atoms with E-state index in [4.69, 9.17) is 9.47 Å². The molecular formula is C21H30N2O5. The lowest BCUT2D eigenvalue weighted by molar-refractivity contribution is -0.179. The third kappa shape index (κ3) is 3.66. The molecule has 1 spiro atoms. The SMILES string of the molecule is CCOC(=O)C1C(c2ccccc2)C(C(=O)OCC)C2(CC1(C)O)NCCN2. The number of carbonyl (C=O) groups excluding carboxylic acids is 2. The molecule has 1 saturated carbocycles. The van der Waals surface area contributed by atoms with Crippen molar-refractivity contribution in [3.63, 3.8) is 0 Å². The Morgan fingerprint density at radius 2 is 1.57 bits per heavy atom. The fourth-order valence-electron chi connectivity index (χ4n) is 4.92. The second-order valence-electron chi connectivity index (χ2n) is 7.75. The molecule has 2 aliphatic rings. The van der Waals surface area contributed by atoms with Crippen LogP contribution < -0.4 is 10.6 Å². The number of nitrogens with one attached hydrogen (secondary N) is 2. The zero-order valence-electron chi connectivity index (χ0n) is 16.7. The first-order valence-corrected chi connectivity index (χ1v) is 9.97. The Morgan fingerprint density at radius 1 is 1.04 bits per heavy atom. The molecule has 2 fully saturated rings. The van der Waals surface area contributed by atoms with Gasteiger partial charge in [0.05, 0.1) is 36.3 Å². The van der Waals surface area contributed by atoms with Crippen LogP contribution in [0.4, 0.5) is 0 Å². The van der Waals surface area contributed by atoms with E-state index in [0.29, 0.717) is 13.1 Å². The van der Waals surface area contributed by atoms with E-state index in [-0.39, 0.29) is 25.6 Å². The van der Waals surface area contributed by atoms with Crippen molar-refractivity contribution in [3.8, 4) is 0 Å². The molecule has 7 heteroatoms. The van der Waals surface area contributed by atoms with E-state index in [2.05, 4.69) is 10.6 Å². The summed E-state index contributed by atoms with van der Waals surface area (Å²) in [5.41, 5.74) is -1.42. The van der Waals surface area contributed by atoms with E-state index in [1.54, 1.807) is 20.8 Å². The van der Waals surface area contributed by atoms with Crippen LogP contribution >= 0.6 is 0 Å². The Hall–Kier alpha value is -1.96. The molecule has 4 atom stereocenters. The lowest BCUT2D eigenvalue weighted by atomic mass is 9.58. The topological polar surface area (TPSA) is 96.9 Å². The van der Waals surface area contributed by atoms with Gasteiger partial charge in [-0.25, -0.2) is 0 Å². The lowest BCUT2D eigenvalue weighted by Gasteiger charge is -2.53. The lowest BCUT2D eigenvalue weighted by Crippen LogP contribution is -2.69. The first kappa shape index (κ1) is 20.8. The molecule has 1 heterocycles. The van der Waals surface area contributed by atoms with Gasteiger partial charge in [0.15, 0.2) is 0 Å². The van der Waals surface area contributed by atoms with Gasteiger partial charge in [-0.15, -0.1) is 0 Å². The summed E-state index contributed by atoms with van der Waals surface area (Å²) in [4.78, 5) is 26.1. The van der Waals surface area contributed by atoms with Crippen molar-refractivity contribution in [2.45, 2.75) is 44.4 Å². The van der Waals surface area contributed by atoms with Crippen LogP contribution in [-0.4, -0.2) is 54.6 Å². The van der Waals surface area contributed by atoms with Gasteiger partial charge in [0, 0.05) is 25.4 Å². The van der Waals surface area contributed by atoms with E-state index < -0.39 is 35.0 Å². The minimum Gasteiger partial charge on any atom is -0.466 e. The molecule has 28 heavy (non-hydrogen) atoms. The maximum absolute atomic E-state index is 13.1. The summed E-state index contributed by atoms with van der Waals surface area (Å²) in [6.07, 6.45) is 0.191. The zero-order chi connectivity index (χ0) is 20.4. The molecule has 4 unspecified atom stereocenters. The van der Waals surface area contributed by atoms with Gasteiger partial charge in [0.25, 0.3) is 0 Å². The summed E-state index contributed by atoms with van der Waals surface area (Å²) >= 11 is 0. The monoisotopic (exact) mass is 390 g/mol. The minimum atomic E-state index is -1.37. The van der Waals surface area contributed by atoms with Crippen molar-refractivity contribution in [1.82, 2.24) is 10.6 Å². The van der Waals surface area contributed by atoms with Crippen LogP contribution in [0.1, 0.15) is 38.7 Å². The molecule has 3 N–H and O–H groups in total. The number of rotatable bonds is 5. The molecule has 1 saturated heterocycles. The van der Waals surface area contributed by atoms with Crippen molar-refractivity contribution >= 4 is 11.9 Å². The van der Waals surface area contributed by atoms with E-state index in [1.165, 1.54) is 0 Å². The molecule has 1 aromatic rings. The molecular weight excluding hydrogens is 360 g/mol. The summed E-state index contributed by atoms with van der Waals surface area (Å²) in [7, 11) is 0. The Bertz CT molecular complexity index is 700. The van der Waals surface area contributed by atoms with Crippen LogP contribution in [0.3, 0.4) is 0 Å². The van der Waals surface area contributed by atoms with Gasteiger partial charge in [-0.1, -0.05) is 30.3 Å². The first-order chi connectivity index (χ1) is 13.4. The average molecular weight is 390 g/mol. The van der Waals surface area contributed by atoms with Crippen LogP contribution in [0.2, 0.25) is 0 Å². The van der Waals surface area contributed by atoms with E-state index in [1.807, 2.05) is 30.3 Å². The Balaban J connectivity index is 2.17. The number of hydrogen-bond donors (Lipinski definition) is 3. The first-order valence-electron chi connectivity index (χ1n) is 9.97. The van der Waals surface area contributed by atoms with Gasteiger partial charge in [-0.3, -0.25) is 20.2 Å². The van der Waals surface area contributed by atoms with Crippen LogP contribution in [0.25, 0.3) is 0 Å². The maximum atomic E-state index is 13.1. The van der Waals surface area contributed by atoms with Crippen molar-refractivity contribution in [2.75, 3.05) is 26.3 Å². The second-order valence-corrected chi connectivity index (χ2v) is 7.75. The average Bonchev–Trinajstić information content (AvgIpc) is 3.09. The van der Waals surface area contributed by atoms with Crippen molar-refractivity contribution in [1.29, 1.82) is 0 Å². The summed E-state index contributed by atoms with van der Waals surface area (Å²) in [6, 6.07) is 9.38. The van der Waals surface area contributed by atoms with Gasteiger partial charge in [0.1, 0.15) is 0 Å². The fraction of sp³-hybridized carbons (Fsp3) is 0.619. The number of hydrogen-bond acceptors (Lipinski definition) is 7. The standard InChI is InChI=1S/C21H30N2O5/c1-4-27-18(24)16-15(14-9-7-6-8-10-14)17(19(25)28-5-2)21(13-20(16,3)26)22-11-12-23-21/h6-10,15-17,22-23,26H,4-5,11-13H2,1-3H3. The van der Waals surface area contributed by atoms with Gasteiger partial charge in [-0.05, 0) is 26.3 Å². The highest BCUT2D eigenvalue weighted by molar-refractivity contribution is 5.81. The summed E-state index contributed by atoms with van der Waals surface area (Å²) in [5, 5.41) is 18.2. The molecule has 0 amide bonds. The molecule has 3 rings (SSSR count). The van der Waals surface area contributed by atoms with Crippen LogP contribution in [0, 0.1) is 11.8 Å². The van der Waals surface area contributed by atoms with Gasteiger partial charge in [-0.2, -0.15) is 0 Å². The van der Waals surface area contributed by atoms with Gasteiger partial charge in [0.2, 0.25) is 0 Å². The predicted molar refractivity (Wildman–Crippen MR) is 103 cm³/mol. The van der Waals surface area contributed by atoms with Crippen LogP contribution in [0.5, 0.6) is 0 Å². The molecule has 7 nitrogen and oxygen atoms in total. The summed E-state index contributed by atoms with van der Waals surface area (Å²) in [5.74, 6) is -3.06. The number of aliphatic hydroxyl groups is 1.